The van der Waals surface area contributed by atoms with Gasteiger partial charge in [-0.05, 0) is 58.4 Å². The Morgan fingerprint density at radius 2 is 1.33 bits per heavy atom. The molecule has 0 aromatic carbocycles. The zero-order valence-electron chi connectivity index (χ0n) is 28.4. The number of carboxylic acids is 2. The molecule has 0 aliphatic carbocycles. The zero-order valence-corrected chi connectivity index (χ0v) is 28.4. The maximum absolute atomic E-state index is 13.4. The molecule has 6 atom stereocenters. The summed E-state index contributed by atoms with van der Waals surface area (Å²) in [5.41, 5.74) is 10.8. The summed E-state index contributed by atoms with van der Waals surface area (Å²) in [6, 6.07) is -6.41. The lowest BCUT2D eigenvalue weighted by molar-refractivity contribution is -0.146. The average molecular weight is 728 g/mol. The van der Waals surface area contributed by atoms with E-state index in [0.717, 1.165) is 4.90 Å². The number of aliphatic hydroxyl groups excluding tert-OH is 1. The van der Waals surface area contributed by atoms with Crippen LogP contribution in [0.5, 0.6) is 0 Å². The van der Waals surface area contributed by atoms with E-state index in [1.54, 1.807) is 0 Å². The van der Waals surface area contributed by atoms with E-state index in [1.807, 2.05) is 0 Å². The van der Waals surface area contributed by atoms with Crippen molar-refractivity contribution in [1.29, 1.82) is 0 Å². The first-order valence-corrected chi connectivity index (χ1v) is 16.7. The van der Waals surface area contributed by atoms with Crippen LogP contribution in [0.2, 0.25) is 0 Å². The number of unbranched alkanes of at least 4 members (excludes halogenated alkanes) is 1. The lowest BCUT2D eigenvalue weighted by Crippen LogP contribution is -2.58. The fraction of sp³-hybridized carbons (Fsp3) is 0.700. The molecule has 0 saturated carbocycles. The Kier molecular flexibility index (Phi) is 17.2. The number of carboxylic acid groups (broad SMARTS) is 2. The van der Waals surface area contributed by atoms with Gasteiger partial charge in [-0.2, -0.15) is 0 Å². The summed E-state index contributed by atoms with van der Waals surface area (Å²) in [6.45, 7) is 0.197. The molecule has 2 aliphatic rings. The topological polar surface area (TPSA) is 333 Å². The molecule has 51 heavy (non-hydrogen) atoms. The minimum atomic E-state index is -1.66. The van der Waals surface area contributed by atoms with Gasteiger partial charge in [0, 0.05) is 13.1 Å². The van der Waals surface area contributed by atoms with Gasteiger partial charge in [-0.1, -0.05) is 0 Å². The monoisotopic (exact) mass is 727 g/mol. The van der Waals surface area contributed by atoms with Gasteiger partial charge in [0.25, 0.3) is 0 Å². The molecule has 21 heteroatoms. The van der Waals surface area contributed by atoms with Gasteiger partial charge in [-0.15, -0.1) is 0 Å². The van der Waals surface area contributed by atoms with E-state index in [4.69, 9.17) is 11.5 Å². The van der Waals surface area contributed by atoms with Crippen LogP contribution >= 0.6 is 0 Å². The Balaban J connectivity index is 1.98. The highest BCUT2D eigenvalue weighted by Crippen LogP contribution is 2.20. The van der Waals surface area contributed by atoms with Crippen LogP contribution in [-0.4, -0.2) is 154 Å². The third-order valence-corrected chi connectivity index (χ3v) is 8.39. The highest BCUT2D eigenvalue weighted by atomic mass is 16.4. The van der Waals surface area contributed by atoms with Crippen LogP contribution in [0.25, 0.3) is 0 Å². The summed E-state index contributed by atoms with van der Waals surface area (Å²) < 4.78 is 0. The zero-order chi connectivity index (χ0) is 38.2. The fourth-order valence-electron chi connectivity index (χ4n) is 5.79. The standard InChI is InChI=1S/C30H49N9O12/c1-16(40)25(37-27(47)20-8-4-10-38(20)23(43)13-32)28(48)34-15-22(42)36-18(12-24(44)45)29(49)39-11-5-7-19(39)26(46)33-14-21(41)35-17(30(50)51)6-2-3-9-31/h16-20,25,40H,2-15,31-32H2,1H3,(H,33,46)(H,34,48)(H,35,41)(H,36,42)(H,37,47)(H,44,45)(H,50,51)/t16-,17+,18+,19+,20+,25+/m1/s1. The molecule has 7 amide bonds. The number of rotatable bonds is 20. The molecule has 2 rings (SSSR count). The average Bonchev–Trinajstić information content (AvgIpc) is 3.77. The predicted molar refractivity (Wildman–Crippen MR) is 175 cm³/mol. The summed E-state index contributed by atoms with van der Waals surface area (Å²) in [4.78, 5) is 115. The van der Waals surface area contributed by atoms with Crippen LogP contribution < -0.4 is 38.1 Å². The molecule has 12 N–H and O–H groups in total. The Morgan fingerprint density at radius 1 is 0.765 bits per heavy atom. The Hall–Kier alpha value is -4.89. The summed E-state index contributed by atoms with van der Waals surface area (Å²) in [5, 5.41) is 40.4. The van der Waals surface area contributed by atoms with Crippen molar-refractivity contribution in [1.82, 2.24) is 36.4 Å². The number of hydrogen-bond donors (Lipinski definition) is 10. The van der Waals surface area contributed by atoms with Gasteiger partial charge in [-0.3, -0.25) is 38.4 Å². The first-order valence-electron chi connectivity index (χ1n) is 16.7. The third kappa shape index (κ3) is 13.1. The van der Waals surface area contributed by atoms with Crippen LogP contribution in [0.15, 0.2) is 0 Å². The Morgan fingerprint density at radius 3 is 1.88 bits per heavy atom. The largest absolute Gasteiger partial charge is 0.481 e. The summed E-state index contributed by atoms with van der Waals surface area (Å²) >= 11 is 0. The molecule has 0 aromatic heterocycles. The lowest BCUT2D eigenvalue weighted by Gasteiger charge is -2.28. The van der Waals surface area contributed by atoms with Crippen molar-refractivity contribution in [2.75, 3.05) is 39.3 Å². The van der Waals surface area contributed by atoms with Gasteiger partial charge < -0.3 is 63.2 Å². The second kappa shape index (κ2) is 20.7. The minimum Gasteiger partial charge on any atom is -0.481 e. The molecule has 0 radical (unpaired) electrons. The van der Waals surface area contributed by atoms with E-state index in [1.165, 1.54) is 11.8 Å². The highest BCUT2D eigenvalue weighted by Gasteiger charge is 2.39. The van der Waals surface area contributed by atoms with Crippen molar-refractivity contribution in [2.45, 2.75) is 94.6 Å². The molecule has 0 spiro atoms. The van der Waals surface area contributed by atoms with E-state index in [-0.39, 0.29) is 25.9 Å². The molecule has 2 heterocycles. The van der Waals surface area contributed by atoms with Gasteiger partial charge in [-0.25, -0.2) is 4.79 Å². The van der Waals surface area contributed by atoms with Crippen molar-refractivity contribution < 1.29 is 58.5 Å². The number of amides is 7. The maximum Gasteiger partial charge on any atom is 0.326 e. The first-order chi connectivity index (χ1) is 24.1. The van der Waals surface area contributed by atoms with Gasteiger partial charge in [0.15, 0.2) is 0 Å². The smallest absolute Gasteiger partial charge is 0.326 e. The number of aliphatic hydroxyl groups is 1. The van der Waals surface area contributed by atoms with Crippen molar-refractivity contribution in [3.05, 3.63) is 0 Å². The van der Waals surface area contributed by atoms with Crippen molar-refractivity contribution in [2.24, 2.45) is 11.5 Å². The highest BCUT2D eigenvalue weighted by molar-refractivity contribution is 5.97. The van der Waals surface area contributed by atoms with Gasteiger partial charge in [0.1, 0.15) is 30.2 Å². The Labute approximate surface area is 293 Å². The predicted octanol–water partition coefficient (Wildman–Crippen LogP) is -5.32. The van der Waals surface area contributed by atoms with Crippen molar-refractivity contribution in [3.63, 3.8) is 0 Å². The number of nitrogens with zero attached hydrogens (tertiary/aromatic N) is 2. The maximum atomic E-state index is 13.4. The third-order valence-electron chi connectivity index (χ3n) is 8.39. The van der Waals surface area contributed by atoms with Gasteiger partial charge >= 0.3 is 11.9 Å². The molecular weight excluding hydrogens is 678 g/mol. The van der Waals surface area contributed by atoms with Crippen molar-refractivity contribution >= 4 is 53.3 Å². The second-order valence-electron chi connectivity index (χ2n) is 12.3. The number of hydrogen-bond acceptors (Lipinski definition) is 12. The Bertz CT molecular complexity index is 1310. The number of nitrogens with one attached hydrogen (secondary N) is 5. The molecular formula is C30H49N9O12. The van der Waals surface area contributed by atoms with Crippen LogP contribution in [0.4, 0.5) is 0 Å². The molecule has 21 nitrogen and oxygen atoms in total. The first kappa shape index (κ1) is 42.3. The summed E-state index contributed by atoms with van der Waals surface area (Å²) in [7, 11) is 0. The quantitative estimate of drug-likeness (QED) is 0.0524. The number of aliphatic carboxylic acids is 2. The van der Waals surface area contributed by atoms with Crippen LogP contribution in [0, 0.1) is 0 Å². The molecule has 0 bridgehead atoms. The number of nitrogens with two attached hydrogens (primary N) is 2. The second-order valence-corrected chi connectivity index (χ2v) is 12.3. The van der Waals surface area contributed by atoms with E-state index < -0.39 is 109 Å². The molecule has 286 valence electrons. The van der Waals surface area contributed by atoms with Gasteiger partial charge in [0.05, 0.1) is 32.2 Å². The fourth-order valence-corrected chi connectivity index (χ4v) is 5.79. The number of carbonyl (C=O) groups excluding carboxylic acids is 7. The van der Waals surface area contributed by atoms with E-state index >= 15 is 0 Å². The number of carbonyl (C=O) groups is 9. The number of likely N-dealkylation sites (tertiary alicyclic amines) is 2. The van der Waals surface area contributed by atoms with Crippen LogP contribution in [-0.2, 0) is 43.2 Å². The SMILES string of the molecule is C[C@@H](O)[C@H](NC(=O)[C@@H]1CCCN1C(=O)CN)C(=O)NCC(=O)N[C@@H](CC(=O)O)C(=O)N1CCC[C@H]1C(=O)NCC(=O)N[C@@H](CCCCN)C(=O)O. The van der Waals surface area contributed by atoms with Gasteiger partial charge in [0.2, 0.25) is 41.4 Å². The molecule has 0 aromatic rings. The molecule has 0 unspecified atom stereocenters. The van der Waals surface area contributed by atoms with Crippen LogP contribution in [0.1, 0.15) is 58.3 Å². The lowest BCUT2D eigenvalue weighted by atomic mass is 10.1. The molecule has 2 aliphatic heterocycles. The van der Waals surface area contributed by atoms with E-state index in [9.17, 15) is 58.5 Å². The van der Waals surface area contributed by atoms with Crippen molar-refractivity contribution in [3.8, 4) is 0 Å². The normalized spacial score (nSPS) is 19.2. The van der Waals surface area contributed by atoms with E-state index in [0.29, 0.717) is 45.2 Å². The van der Waals surface area contributed by atoms with E-state index in [2.05, 4.69) is 26.6 Å². The summed E-state index contributed by atoms with van der Waals surface area (Å²) in [5.74, 6) is -8.30. The molecule has 2 saturated heterocycles. The summed E-state index contributed by atoms with van der Waals surface area (Å²) in [6.07, 6.45) is 0.179. The van der Waals surface area contributed by atoms with Crippen LogP contribution in [0.3, 0.4) is 0 Å². The molecule has 2 fully saturated rings. The minimum absolute atomic E-state index is 0.0269.